The van der Waals surface area contributed by atoms with E-state index in [9.17, 15) is 4.79 Å². The zero-order valence-corrected chi connectivity index (χ0v) is 12.4. The molecule has 0 saturated carbocycles. The van der Waals surface area contributed by atoms with Crippen molar-refractivity contribution in [1.82, 2.24) is 10.2 Å². The van der Waals surface area contributed by atoms with Crippen molar-refractivity contribution in [2.75, 3.05) is 26.7 Å². The Hall–Kier alpha value is -1.33. The highest BCUT2D eigenvalue weighted by Gasteiger charge is 2.22. The van der Waals surface area contributed by atoms with Crippen molar-refractivity contribution in [1.29, 1.82) is 0 Å². The van der Waals surface area contributed by atoms with Crippen molar-refractivity contribution in [3.63, 3.8) is 0 Å². The molecule has 5 heteroatoms. The highest BCUT2D eigenvalue weighted by Crippen LogP contribution is 2.18. The molecule has 0 unspecified atom stereocenters. The lowest BCUT2D eigenvalue weighted by Gasteiger charge is -2.33. The van der Waals surface area contributed by atoms with Gasteiger partial charge in [-0.3, -0.25) is 4.90 Å². The first kappa shape index (κ1) is 15.1. The molecule has 0 atom stereocenters. The Kier molecular flexibility index (Phi) is 5.61. The predicted molar refractivity (Wildman–Crippen MR) is 76.6 cm³/mol. The normalized spacial score (nSPS) is 16.6. The first-order chi connectivity index (χ1) is 9.74. The summed E-state index contributed by atoms with van der Waals surface area (Å²) >= 11 is 0. The predicted octanol–water partition coefficient (Wildman–Crippen LogP) is 2.03. The molecular weight excluding hydrogens is 256 g/mol. The number of hydrogen-bond donors (Lipinski definition) is 1. The number of esters is 1. The van der Waals surface area contributed by atoms with E-state index in [0.717, 1.165) is 38.4 Å². The number of piperidine rings is 1. The molecule has 1 aromatic heterocycles. The molecule has 1 fully saturated rings. The average Bonchev–Trinajstić information content (AvgIpc) is 2.95. The second-order valence-electron chi connectivity index (χ2n) is 5.21. The number of rotatable bonds is 6. The smallest absolute Gasteiger partial charge is 0.373 e. The molecule has 0 aliphatic carbocycles. The molecule has 1 aliphatic heterocycles. The Balaban J connectivity index is 1.99. The number of ether oxygens (including phenoxy) is 1. The van der Waals surface area contributed by atoms with Crippen LogP contribution >= 0.6 is 0 Å². The molecule has 1 saturated heterocycles. The van der Waals surface area contributed by atoms with Crippen molar-refractivity contribution in [3.05, 3.63) is 23.7 Å². The van der Waals surface area contributed by atoms with Crippen LogP contribution < -0.4 is 5.32 Å². The lowest BCUT2D eigenvalue weighted by molar-refractivity contribution is 0.0559. The highest BCUT2D eigenvalue weighted by atomic mass is 16.5. The third kappa shape index (κ3) is 3.84. The quantitative estimate of drug-likeness (QED) is 0.808. The number of furan rings is 1. The first-order valence-corrected chi connectivity index (χ1v) is 7.36. The van der Waals surface area contributed by atoms with Gasteiger partial charge in [-0.2, -0.15) is 0 Å². The van der Waals surface area contributed by atoms with Gasteiger partial charge in [0.2, 0.25) is 5.76 Å². The summed E-state index contributed by atoms with van der Waals surface area (Å²) in [6.07, 6.45) is 3.46. The Labute approximate surface area is 120 Å². The van der Waals surface area contributed by atoms with Crippen molar-refractivity contribution in [2.45, 2.75) is 38.8 Å². The fraction of sp³-hybridized carbons (Fsp3) is 0.667. The van der Waals surface area contributed by atoms with Gasteiger partial charge in [0.05, 0.1) is 13.7 Å². The van der Waals surface area contributed by atoms with Gasteiger partial charge in [0.1, 0.15) is 5.76 Å². The molecule has 20 heavy (non-hydrogen) atoms. The summed E-state index contributed by atoms with van der Waals surface area (Å²) in [5, 5.41) is 3.39. The van der Waals surface area contributed by atoms with E-state index in [0.29, 0.717) is 6.04 Å². The molecular formula is C15H24N2O3. The highest BCUT2D eigenvalue weighted by molar-refractivity contribution is 5.86. The van der Waals surface area contributed by atoms with Crippen LogP contribution in [0.4, 0.5) is 0 Å². The molecule has 112 valence electrons. The Bertz CT molecular complexity index is 425. The fourth-order valence-corrected chi connectivity index (χ4v) is 2.72. The summed E-state index contributed by atoms with van der Waals surface area (Å²) in [5.41, 5.74) is 0. The van der Waals surface area contributed by atoms with Crippen LogP contribution in [-0.2, 0) is 11.3 Å². The molecule has 1 N–H and O–H groups in total. The molecule has 1 aromatic rings. The number of carbonyl (C=O) groups is 1. The van der Waals surface area contributed by atoms with Gasteiger partial charge in [0, 0.05) is 6.04 Å². The van der Waals surface area contributed by atoms with Crippen molar-refractivity contribution >= 4 is 5.97 Å². The average molecular weight is 280 g/mol. The monoisotopic (exact) mass is 280 g/mol. The summed E-state index contributed by atoms with van der Waals surface area (Å²) in [4.78, 5) is 13.9. The van der Waals surface area contributed by atoms with Gasteiger partial charge < -0.3 is 14.5 Å². The zero-order chi connectivity index (χ0) is 14.4. The van der Waals surface area contributed by atoms with Crippen LogP contribution in [0, 0.1) is 0 Å². The SMILES string of the molecule is CCCN(Cc1ccc(C(=O)OC)o1)C1CCNCC1. The number of hydrogen-bond acceptors (Lipinski definition) is 5. The van der Waals surface area contributed by atoms with Gasteiger partial charge >= 0.3 is 5.97 Å². The summed E-state index contributed by atoms with van der Waals surface area (Å²) in [6.45, 7) is 6.16. The Morgan fingerprint density at radius 1 is 1.45 bits per heavy atom. The molecule has 0 aromatic carbocycles. The molecule has 1 aliphatic rings. The van der Waals surface area contributed by atoms with E-state index < -0.39 is 5.97 Å². The van der Waals surface area contributed by atoms with E-state index in [1.54, 1.807) is 6.07 Å². The number of methoxy groups -OCH3 is 1. The second kappa shape index (κ2) is 7.45. The number of carbonyl (C=O) groups excluding carboxylic acids is 1. The summed E-state index contributed by atoms with van der Waals surface area (Å²) in [6, 6.07) is 4.16. The van der Waals surface area contributed by atoms with E-state index in [1.807, 2.05) is 6.07 Å². The van der Waals surface area contributed by atoms with Crippen LogP contribution in [0.2, 0.25) is 0 Å². The van der Waals surface area contributed by atoms with Crippen LogP contribution in [0.5, 0.6) is 0 Å². The minimum atomic E-state index is -0.417. The third-order valence-electron chi connectivity index (χ3n) is 3.74. The third-order valence-corrected chi connectivity index (χ3v) is 3.74. The zero-order valence-electron chi connectivity index (χ0n) is 12.4. The standard InChI is InChI=1S/C15H24N2O3/c1-3-10-17(12-6-8-16-9-7-12)11-13-4-5-14(20-13)15(18)19-2/h4-5,12,16H,3,6-11H2,1-2H3. The molecule has 2 rings (SSSR count). The topological polar surface area (TPSA) is 54.7 Å². The van der Waals surface area contributed by atoms with Gasteiger partial charge in [0.15, 0.2) is 0 Å². The Morgan fingerprint density at radius 3 is 2.85 bits per heavy atom. The van der Waals surface area contributed by atoms with E-state index in [2.05, 4.69) is 21.9 Å². The van der Waals surface area contributed by atoms with Crippen LogP contribution in [0.1, 0.15) is 42.5 Å². The lowest BCUT2D eigenvalue weighted by Crippen LogP contribution is -2.43. The lowest BCUT2D eigenvalue weighted by atomic mass is 10.0. The summed E-state index contributed by atoms with van der Waals surface area (Å²) < 4.78 is 10.2. The van der Waals surface area contributed by atoms with Gasteiger partial charge in [-0.1, -0.05) is 6.92 Å². The first-order valence-electron chi connectivity index (χ1n) is 7.36. The van der Waals surface area contributed by atoms with Gasteiger partial charge in [-0.25, -0.2) is 4.79 Å². The largest absolute Gasteiger partial charge is 0.463 e. The number of nitrogens with zero attached hydrogens (tertiary/aromatic N) is 1. The van der Waals surface area contributed by atoms with Crippen LogP contribution in [0.25, 0.3) is 0 Å². The summed E-state index contributed by atoms with van der Waals surface area (Å²) in [5.74, 6) is 0.696. The van der Waals surface area contributed by atoms with Crippen LogP contribution in [-0.4, -0.2) is 43.7 Å². The van der Waals surface area contributed by atoms with Gasteiger partial charge in [0.25, 0.3) is 0 Å². The fourth-order valence-electron chi connectivity index (χ4n) is 2.72. The van der Waals surface area contributed by atoms with Gasteiger partial charge in [-0.05, 0) is 51.0 Å². The maximum Gasteiger partial charge on any atom is 0.373 e. The number of nitrogens with one attached hydrogen (secondary N) is 1. The molecule has 0 spiro atoms. The summed E-state index contributed by atoms with van der Waals surface area (Å²) in [7, 11) is 1.36. The van der Waals surface area contributed by atoms with Crippen molar-refractivity contribution in [3.8, 4) is 0 Å². The molecule has 0 amide bonds. The van der Waals surface area contributed by atoms with Crippen LogP contribution in [0.15, 0.2) is 16.5 Å². The maximum atomic E-state index is 11.4. The van der Waals surface area contributed by atoms with Gasteiger partial charge in [-0.15, -0.1) is 0 Å². The second-order valence-corrected chi connectivity index (χ2v) is 5.21. The minimum absolute atomic E-state index is 0.282. The molecule has 2 heterocycles. The van der Waals surface area contributed by atoms with E-state index in [1.165, 1.54) is 20.0 Å². The van der Waals surface area contributed by atoms with E-state index in [-0.39, 0.29) is 5.76 Å². The maximum absolute atomic E-state index is 11.4. The Morgan fingerprint density at radius 2 is 2.20 bits per heavy atom. The molecule has 5 nitrogen and oxygen atoms in total. The van der Waals surface area contributed by atoms with Crippen molar-refractivity contribution < 1.29 is 13.9 Å². The molecule has 0 radical (unpaired) electrons. The van der Waals surface area contributed by atoms with Crippen molar-refractivity contribution in [2.24, 2.45) is 0 Å². The van der Waals surface area contributed by atoms with E-state index >= 15 is 0 Å². The van der Waals surface area contributed by atoms with Crippen LogP contribution in [0.3, 0.4) is 0 Å². The molecule has 0 bridgehead atoms. The minimum Gasteiger partial charge on any atom is -0.463 e. The van der Waals surface area contributed by atoms with E-state index in [4.69, 9.17) is 4.42 Å².